The van der Waals surface area contributed by atoms with Gasteiger partial charge in [0.05, 0.1) is 12.2 Å². The van der Waals surface area contributed by atoms with Crippen LogP contribution in [-0.2, 0) is 0 Å². The molecule has 0 atom stereocenters. The highest BCUT2D eigenvalue weighted by Crippen LogP contribution is 2.07. The molecule has 0 spiro atoms. The fourth-order valence-corrected chi connectivity index (χ4v) is 0.736. The quantitative estimate of drug-likeness (QED) is 0.524. The van der Waals surface area contributed by atoms with Crippen molar-refractivity contribution in [2.24, 2.45) is 21.5 Å². The summed E-state index contributed by atoms with van der Waals surface area (Å²) in [6, 6.07) is 9.50. The number of aliphatic imine (C=N–C) groups is 2. The summed E-state index contributed by atoms with van der Waals surface area (Å²) in [5.41, 5.74) is 11.4. The molecule has 0 unspecified atom stereocenters. The Morgan fingerprint density at radius 2 is 2.00 bits per heavy atom. The van der Waals surface area contributed by atoms with Crippen LogP contribution in [0.1, 0.15) is 0 Å². The number of hydrogen-bond donors (Lipinski definition) is 2. The summed E-state index contributed by atoms with van der Waals surface area (Å²) in [6.45, 7) is 0.251. The summed E-state index contributed by atoms with van der Waals surface area (Å²) in [5, 5.41) is 0. The van der Waals surface area contributed by atoms with E-state index >= 15 is 0 Å². The zero-order valence-electron chi connectivity index (χ0n) is 7.22. The summed E-state index contributed by atoms with van der Waals surface area (Å²) in [6.07, 6.45) is 1.40. The SMILES string of the molecule is NCC(N)=NC=Nc1ccccc1. The second-order valence-electron chi connectivity index (χ2n) is 2.40. The molecule has 0 aliphatic carbocycles. The Morgan fingerprint density at radius 1 is 1.31 bits per heavy atom. The van der Waals surface area contributed by atoms with Crippen LogP contribution in [0.4, 0.5) is 5.69 Å². The molecule has 0 aromatic heterocycles. The van der Waals surface area contributed by atoms with Crippen LogP contribution < -0.4 is 11.5 Å². The lowest BCUT2D eigenvalue weighted by Crippen LogP contribution is -2.22. The van der Waals surface area contributed by atoms with Crippen LogP contribution in [0, 0.1) is 0 Å². The van der Waals surface area contributed by atoms with E-state index in [1.165, 1.54) is 6.34 Å². The molecule has 0 bridgehead atoms. The van der Waals surface area contributed by atoms with Gasteiger partial charge < -0.3 is 11.5 Å². The molecule has 0 saturated heterocycles. The third-order valence-corrected chi connectivity index (χ3v) is 1.40. The minimum Gasteiger partial charge on any atom is -0.386 e. The van der Waals surface area contributed by atoms with Gasteiger partial charge in [-0.3, -0.25) is 0 Å². The first-order valence-corrected chi connectivity index (χ1v) is 3.92. The van der Waals surface area contributed by atoms with Crippen molar-refractivity contribution in [2.45, 2.75) is 0 Å². The first-order chi connectivity index (χ1) is 6.33. The van der Waals surface area contributed by atoms with Crippen molar-refractivity contribution in [1.82, 2.24) is 0 Å². The average molecular weight is 176 g/mol. The van der Waals surface area contributed by atoms with E-state index in [2.05, 4.69) is 9.98 Å². The van der Waals surface area contributed by atoms with E-state index in [1.807, 2.05) is 30.3 Å². The summed E-state index contributed by atoms with van der Waals surface area (Å²) in [4.78, 5) is 7.86. The standard InChI is InChI=1S/C9H12N4/c10-6-9(11)13-7-12-8-4-2-1-3-5-8/h1-5,7H,6,10H2,(H2,11,12,13). The summed E-state index contributed by atoms with van der Waals surface area (Å²) >= 11 is 0. The smallest absolute Gasteiger partial charge is 0.118 e. The lowest BCUT2D eigenvalue weighted by molar-refractivity contribution is 1.27. The van der Waals surface area contributed by atoms with Gasteiger partial charge in [-0.2, -0.15) is 0 Å². The maximum absolute atomic E-state index is 5.37. The Kier molecular flexibility index (Phi) is 3.66. The Balaban J connectivity index is 2.60. The van der Waals surface area contributed by atoms with E-state index in [0.29, 0.717) is 5.84 Å². The Morgan fingerprint density at radius 3 is 2.62 bits per heavy atom. The number of nitrogens with two attached hydrogens (primary N) is 2. The van der Waals surface area contributed by atoms with Crippen LogP contribution in [0.15, 0.2) is 40.3 Å². The lowest BCUT2D eigenvalue weighted by atomic mass is 10.3. The zero-order chi connectivity index (χ0) is 9.52. The Labute approximate surface area is 77.0 Å². The van der Waals surface area contributed by atoms with Crippen LogP contribution in [0.3, 0.4) is 0 Å². The number of amidine groups is 1. The van der Waals surface area contributed by atoms with Crippen molar-refractivity contribution in [3.05, 3.63) is 30.3 Å². The van der Waals surface area contributed by atoms with Crippen LogP contribution in [0.2, 0.25) is 0 Å². The Bertz CT molecular complexity index is 303. The molecule has 0 radical (unpaired) electrons. The minimum atomic E-state index is 0.251. The number of nitrogens with zero attached hydrogens (tertiary/aromatic N) is 2. The van der Waals surface area contributed by atoms with E-state index in [0.717, 1.165) is 5.69 Å². The van der Waals surface area contributed by atoms with Gasteiger partial charge in [-0.1, -0.05) is 18.2 Å². The normalized spacial score (nSPS) is 12.2. The zero-order valence-corrected chi connectivity index (χ0v) is 7.22. The molecule has 13 heavy (non-hydrogen) atoms. The van der Waals surface area contributed by atoms with E-state index in [4.69, 9.17) is 11.5 Å². The molecule has 4 N–H and O–H groups in total. The molecule has 0 amide bonds. The number of rotatable bonds is 3. The van der Waals surface area contributed by atoms with E-state index in [9.17, 15) is 0 Å². The van der Waals surface area contributed by atoms with Crippen molar-refractivity contribution in [2.75, 3.05) is 6.54 Å². The van der Waals surface area contributed by atoms with Gasteiger partial charge in [-0.15, -0.1) is 0 Å². The molecule has 0 heterocycles. The molecule has 4 heteroatoms. The second-order valence-corrected chi connectivity index (χ2v) is 2.40. The van der Waals surface area contributed by atoms with Crippen LogP contribution in [-0.4, -0.2) is 18.7 Å². The molecule has 1 aromatic rings. The molecule has 1 rings (SSSR count). The van der Waals surface area contributed by atoms with Crippen LogP contribution >= 0.6 is 0 Å². The maximum atomic E-state index is 5.37. The molecule has 4 nitrogen and oxygen atoms in total. The van der Waals surface area contributed by atoms with Gasteiger partial charge in [0.1, 0.15) is 12.2 Å². The molecule has 0 fully saturated rings. The van der Waals surface area contributed by atoms with Crippen LogP contribution in [0.25, 0.3) is 0 Å². The van der Waals surface area contributed by atoms with Gasteiger partial charge in [0.25, 0.3) is 0 Å². The van der Waals surface area contributed by atoms with Crippen molar-refractivity contribution < 1.29 is 0 Å². The van der Waals surface area contributed by atoms with Gasteiger partial charge in [0, 0.05) is 0 Å². The van der Waals surface area contributed by atoms with Gasteiger partial charge in [-0.05, 0) is 12.1 Å². The molecule has 0 saturated carbocycles. The highest BCUT2D eigenvalue weighted by molar-refractivity contribution is 5.89. The largest absolute Gasteiger partial charge is 0.386 e. The first-order valence-electron chi connectivity index (χ1n) is 3.92. The fourth-order valence-electron chi connectivity index (χ4n) is 0.736. The first kappa shape index (κ1) is 9.41. The molecular weight excluding hydrogens is 164 g/mol. The van der Waals surface area contributed by atoms with Gasteiger partial charge >= 0.3 is 0 Å². The summed E-state index contributed by atoms with van der Waals surface area (Å²) in [7, 11) is 0. The average Bonchev–Trinajstić information content (AvgIpc) is 2.19. The van der Waals surface area contributed by atoms with Crippen LogP contribution in [0.5, 0.6) is 0 Å². The van der Waals surface area contributed by atoms with Crippen molar-refractivity contribution >= 4 is 17.9 Å². The van der Waals surface area contributed by atoms with E-state index < -0.39 is 0 Å². The van der Waals surface area contributed by atoms with Crippen molar-refractivity contribution in [3.63, 3.8) is 0 Å². The second kappa shape index (κ2) is 5.05. The fraction of sp³-hybridized carbons (Fsp3) is 0.111. The molecular formula is C9H12N4. The number of para-hydroxylation sites is 1. The highest BCUT2D eigenvalue weighted by atomic mass is 14.9. The predicted molar refractivity (Wildman–Crippen MR) is 55.3 cm³/mol. The van der Waals surface area contributed by atoms with E-state index in [-0.39, 0.29) is 6.54 Å². The lowest BCUT2D eigenvalue weighted by Gasteiger charge is -1.90. The maximum Gasteiger partial charge on any atom is 0.118 e. The summed E-state index contributed by atoms with van der Waals surface area (Å²) < 4.78 is 0. The van der Waals surface area contributed by atoms with E-state index in [1.54, 1.807) is 0 Å². The third kappa shape index (κ3) is 3.48. The number of benzene rings is 1. The Hall–Kier alpha value is -1.68. The highest BCUT2D eigenvalue weighted by Gasteiger charge is 1.83. The predicted octanol–water partition coefficient (Wildman–Crippen LogP) is 0.662. The van der Waals surface area contributed by atoms with Gasteiger partial charge in [-0.25, -0.2) is 9.98 Å². The van der Waals surface area contributed by atoms with Gasteiger partial charge in [0.2, 0.25) is 0 Å². The molecule has 68 valence electrons. The van der Waals surface area contributed by atoms with Crippen molar-refractivity contribution in [1.29, 1.82) is 0 Å². The van der Waals surface area contributed by atoms with Gasteiger partial charge in [0.15, 0.2) is 0 Å². The number of hydrogen-bond acceptors (Lipinski definition) is 2. The summed E-state index contributed by atoms with van der Waals surface area (Å²) in [5.74, 6) is 0.375. The van der Waals surface area contributed by atoms with Crippen molar-refractivity contribution in [3.8, 4) is 0 Å². The molecule has 1 aromatic carbocycles. The molecule has 0 aliphatic rings. The monoisotopic (exact) mass is 176 g/mol. The minimum absolute atomic E-state index is 0.251. The third-order valence-electron chi connectivity index (χ3n) is 1.40. The topological polar surface area (TPSA) is 76.8 Å². The molecule has 0 aliphatic heterocycles.